The van der Waals surface area contributed by atoms with Crippen molar-refractivity contribution >= 4 is 0 Å². The molecule has 0 fully saturated rings. The van der Waals surface area contributed by atoms with Crippen LogP contribution in [0.15, 0.2) is 12.3 Å². The first kappa shape index (κ1) is 15.9. The van der Waals surface area contributed by atoms with Crippen molar-refractivity contribution in [2.75, 3.05) is 20.6 Å². The molecule has 0 rings (SSSR count). The van der Waals surface area contributed by atoms with E-state index in [1.54, 1.807) is 0 Å². The lowest BCUT2D eigenvalue weighted by Gasteiger charge is -2.15. The van der Waals surface area contributed by atoms with Gasteiger partial charge in [0.1, 0.15) is 0 Å². The maximum absolute atomic E-state index is 5.59. The van der Waals surface area contributed by atoms with E-state index in [4.69, 9.17) is 5.73 Å². The van der Waals surface area contributed by atoms with Gasteiger partial charge in [0.25, 0.3) is 0 Å². The largest absolute Gasteiger partial charge is 0.401 e. The molecule has 0 radical (unpaired) electrons. The first-order valence-corrected chi connectivity index (χ1v) is 5.48. The molecule has 86 valence electrons. The molecule has 0 aliphatic rings. The average molecular weight is 201 g/mol. The SMILES string of the molecule is C=C(N)C(CCCCNC)NC.CC. The second kappa shape index (κ2) is 12.5. The Morgan fingerprint density at radius 3 is 2.21 bits per heavy atom. The smallest absolute Gasteiger partial charge is 0.0458 e. The standard InChI is InChI=1S/C9H21N3.C2H6/c1-8(10)9(12-3)6-4-5-7-11-2;1-2/h9,11-12H,1,4-7,10H2,2-3H3;1-2H3. The van der Waals surface area contributed by atoms with Crippen LogP contribution in [0.4, 0.5) is 0 Å². The van der Waals surface area contributed by atoms with E-state index in [1.165, 1.54) is 12.8 Å². The number of likely N-dealkylation sites (N-methyl/N-ethyl adjacent to an activating group) is 1. The van der Waals surface area contributed by atoms with Crippen molar-refractivity contribution < 1.29 is 0 Å². The van der Waals surface area contributed by atoms with Crippen LogP contribution in [0.1, 0.15) is 33.1 Å². The number of unbranched alkanes of at least 4 members (excludes halogenated alkanes) is 1. The van der Waals surface area contributed by atoms with Crippen LogP contribution in [-0.2, 0) is 0 Å². The van der Waals surface area contributed by atoms with Crippen LogP contribution in [0.25, 0.3) is 0 Å². The highest BCUT2D eigenvalue weighted by Crippen LogP contribution is 2.03. The van der Waals surface area contributed by atoms with Gasteiger partial charge in [-0.1, -0.05) is 26.8 Å². The molecule has 3 heteroatoms. The van der Waals surface area contributed by atoms with Gasteiger partial charge in [0.2, 0.25) is 0 Å². The first-order chi connectivity index (χ1) is 6.72. The van der Waals surface area contributed by atoms with E-state index in [1.807, 2.05) is 27.9 Å². The molecule has 0 aromatic rings. The molecule has 0 spiro atoms. The van der Waals surface area contributed by atoms with Crippen LogP contribution in [0.5, 0.6) is 0 Å². The topological polar surface area (TPSA) is 50.1 Å². The van der Waals surface area contributed by atoms with E-state index >= 15 is 0 Å². The third kappa shape index (κ3) is 9.55. The summed E-state index contributed by atoms with van der Waals surface area (Å²) in [7, 11) is 3.89. The lowest BCUT2D eigenvalue weighted by molar-refractivity contribution is 0.537. The molecule has 4 N–H and O–H groups in total. The van der Waals surface area contributed by atoms with Gasteiger partial charge in [-0.3, -0.25) is 0 Å². The third-order valence-corrected chi connectivity index (χ3v) is 1.97. The fourth-order valence-electron chi connectivity index (χ4n) is 1.17. The van der Waals surface area contributed by atoms with Gasteiger partial charge in [-0.15, -0.1) is 0 Å². The Kier molecular flexibility index (Phi) is 14.2. The van der Waals surface area contributed by atoms with Crippen LogP contribution in [0.3, 0.4) is 0 Å². The molecule has 0 amide bonds. The van der Waals surface area contributed by atoms with E-state index in [2.05, 4.69) is 17.2 Å². The molecule has 14 heavy (non-hydrogen) atoms. The highest BCUT2D eigenvalue weighted by molar-refractivity contribution is 4.98. The van der Waals surface area contributed by atoms with Crippen molar-refractivity contribution in [2.24, 2.45) is 5.73 Å². The van der Waals surface area contributed by atoms with Crippen molar-refractivity contribution in [3.63, 3.8) is 0 Å². The third-order valence-electron chi connectivity index (χ3n) is 1.97. The molecule has 0 saturated carbocycles. The molecular formula is C11H27N3. The summed E-state index contributed by atoms with van der Waals surface area (Å²) in [6.45, 7) is 8.80. The van der Waals surface area contributed by atoms with Crippen molar-refractivity contribution in [3.05, 3.63) is 12.3 Å². The summed E-state index contributed by atoms with van der Waals surface area (Å²) in [4.78, 5) is 0. The molecule has 3 nitrogen and oxygen atoms in total. The minimum absolute atomic E-state index is 0.279. The highest BCUT2D eigenvalue weighted by atomic mass is 14.9. The molecule has 0 heterocycles. The number of hydrogen-bond donors (Lipinski definition) is 3. The predicted molar refractivity (Wildman–Crippen MR) is 65.3 cm³/mol. The average Bonchev–Trinajstić information content (AvgIpc) is 2.20. The Labute approximate surface area is 89.1 Å². The zero-order valence-electron chi connectivity index (χ0n) is 10.2. The van der Waals surface area contributed by atoms with Crippen molar-refractivity contribution in [1.29, 1.82) is 0 Å². The van der Waals surface area contributed by atoms with E-state index in [0.717, 1.165) is 18.7 Å². The van der Waals surface area contributed by atoms with Crippen molar-refractivity contribution in [1.82, 2.24) is 10.6 Å². The number of nitrogens with one attached hydrogen (secondary N) is 2. The predicted octanol–water partition coefficient (Wildman–Crippen LogP) is 1.46. The molecule has 0 aliphatic carbocycles. The van der Waals surface area contributed by atoms with Gasteiger partial charge in [0.15, 0.2) is 0 Å². The Bertz CT molecular complexity index is 124. The minimum Gasteiger partial charge on any atom is -0.401 e. The molecular weight excluding hydrogens is 174 g/mol. The van der Waals surface area contributed by atoms with Gasteiger partial charge in [-0.05, 0) is 33.5 Å². The van der Waals surface area contributed by atoms with Gasteiger partial charge in [0, 0.05) is 11.7 Å². The maximum atomic E-state index is 5.59. The van der Waals surface area contributed by atoms with Gasteiger partial charge >= 0.3 is 0 Å². The maximum Gasteiger partial charge on any atom is 0.0458 e. The summed E-state index contributed by atoms with van der Waals surface area (Å²) in [6.07, 6.45) is 3.46. The fourth-order valence-corrected chi connectivity index (χ4v) is 1.17. The van der Waals surface area contributed by atoms with Gasteiger partial charge < -0.3 is 16.4 Å². The molecule has 0 saturated heterocycles. The van der Waals surface area contributed by atoms with Crippen molar-refractivity contribution in [2.45, 2.75) is 39.2 Å². The molecule has 0 aromatic heterocycles. The first-order valence-electron chi connectivity index (χ1n) is 5.48. The zero-order chi connectivity index (χ0) is 11.4. The van der Waals surface area contributed by atoms with Crippen LogP contribution in [0, 0.1) is 0 Å². The Balaban J connectivity index is 0. The summed E-state index contributed by atoms with van der Waals surface area (Å²) in [5.41, 5.74) is 6.33. The summed E-state index contributed by atoms with van der Waals surface area (Å²) in [6, 6.07) is 0.279. The molecule has 0 aliphatic heterocycles. The van der Waals surface area contributed by atoms with Crippen molar-refractivity contribution in [3.8, 4) is 0 Å². The summed E-state index contributed by atoms with van der Waals surface area (Å²) < 4.78 is 0. The Hall–Kier alpha value is -0.540. The zero-order valence-corrected chi connectivity index (χ0v) is 10.2. The molecule has 1 atom stereocenters. The number of rotatable bonds is 7. The molecule has 0 aromatic carbocycles. The summed E-state index contributed by atoms with van der Waals surface area (Å²) in [5, 5.41) is 6.25. The molecule has 0 bridgehead atoms. The van der Waals surface area contributed by atoms with Crippen LogP contribution < -0.4 is 16.4 Å². The highest BCUT2D eigenvalue weighted by Gasteiger charge is 2.05. The monoisotopic (exact) mass is 201 g/mol. The lowest BCUT2D eigenvalue weighted by Crippen LogP contribution is -2.30. The van der Waals surface area contributed by atoms with E-state index in [0.29, 0.717) is 0 Å². The fraction of sp³-hybridized carbons (Fsp3) is 0.818. The Morgan fingerprint density at radius 1 is 1.29 bits per heavy atom. The number of nitrogens with two attached hydrogens (primary N) is 1. The summed E-state index contributed by atoms with van der Waals surface area (Å²) >= 11 is 0. The van der Waals surface area contributed by atoms with E-state index in [-0.39, 0.29) is 6.04 Å². The van der Waals surface area contributed by atoms with Crippen LogP contribution >= 0.6 is 0 Å². The van der Waals surface area contributed by atoms with E-state index < -0.39 is 0 Å². The second-order valence-electron chi connectivity index (χ2n) is 3.02. The normalized spacial score (nSPS) is 11.4. The number of hydrogen-bond acceptors (Lipinski definition) is 3. The van der Waals surface area contributed by atoms with E-state index in [9.17, 15) is 0 Å². The molecule has 1 unspecified atom stereocenters. The Morgan fingerprint density at radius 2 is 1.86 bits per heavy atom. The second-order valence-corrected chi connectivity index (χ2v) is 3.02. The quantitative estimate of drug-likeness (QED) is 0.547. The lowest BCUT2D eigenvalue weighted by atomic mass is 10.1. The van der Waals surface area contributed by atoms with Gasteiger partial charge in [-0.2, -0.15) is 0 Å². The summed E-state index contributed by atoms with van der Waals surface area (Å²) in [5.74, 6) is 0. The van der Waals surface area contributed by atoms with Crippen LogP contribution in [-0.4, -0.2) is 26.7 Å². The van der Waals surface area contributed by atoms with Gasteiger partial charge in [-0.25, -0.2) is 0 Å². The minimum atomic E-state index is 0.279. The van der Waals surface area contributed by atoms with Gasteiger partial charge in [0.05, 0.1) is 0 Å². The van der Waals surface area contributed by atoms with Crippen LogP contribution in [0.2, 0.25) is 0 Å².